The number of alkyl halides is 3. The molecule has 166 valence electrons. The predicted molar refractivity (Wildman–Crippen MR) is 106 cm³/mol. The van der Waals surface area contributed by atoms with Crippen LogP contribution in [0, 0.1) is 16.7 Å². The van der Waals surface area contributed by atoms with Crippen LogP contribution in [-0.2, 0) is 19.2 Å². The van der Waals surface area contributed by atoms with E-state index in [9.17, 15) is 18.4 Å². The van der Waals surface area contributed by atoms with E-state index < -0.39 is 17.2 Å². The SMILES string of the molecule is N#CC1(Cc2ccccc2C(F)(F)F)CCN(c2ccc(-c3nc(CO)no3)nn2)CC1. The Bertz CT molecular complexity index is 1120. The second kappa shape index (κ2) is 8.55. The minimum absolute atomic E-state index is 0.0436. The summed E-state index contributed by atoms with van der Waals surface area (Å²) < 4.78 is 45.1. The molecule has 1 fully saturated rings. The maximum absolute atomic E-state index is 13.4. The van der Waals surface area contributed by atoms with Crippen LogP contribution in [0.25, 0.3) is 11.6 Å². The van der Waals surface area contributed by atoms with Crippen molar-refractivity contribution in [3.63, 3.8) is 0 Å². The number of piperidine rings is 1. The van der Waals surface area contributed by atoms with Crippen LogP contribution < -0.4 is 4.90 Å². The number of nitriles is 1. The van der Waals surface area contributed by atoms with E-state index in [1.165, 1.54) is 12.1 Å². The molecule has 1 saturated heterocycles. The second-order valence-corrected chi connectivity index (χ2v) is 7.66. The zero-order valence-electron chi connectivity index (χ0n) is 16.9. The Kier molecular flexibility index (Phi) is 5.80. The number of hydrogen-bond donors (Lipinski definition) is 1. The molecule has 11 heteroatoms. The summed E-state index contributed by atoms with van der Waals surface area (Å²) in [4.78, 5) is 5.91. The molecule has 1 aromatic carbocycles. The molecule has 0 spiro atoms. The van der Waals surface area contributed by atoms with Gasteiger partial charge >= 0.3 is 6.18 Å². The number of aliphatic hydroxyl groups excluding tert-OH is 1. The van der Waals surface area contributed by atoms with E-state index in [-0.39, 0.29) is 30.3 Å². The van der Waals surface area contributed by atoms with Crippen LogP contribution in [0.1, 0.15) is 29.8 Å². The van der Waals surface area contributed by atoms with E-state index in [1.807, 2.05) is 4.90 Å². The average Bonchev–Trinajstić information content (AvgIpc) is 3.29. The molecule has 2 aromatic heterocycles. The molecule has 0 saturated carbocycles. The van der Waals surface area contributed by atoms with Crippen LogP contribution in [0.5, 0.6) is 0 Å². The molecule has 0 aliphatic carbocycles. The van der Waals surface area contributed by atoms with Crippen molar-refractivity contribution in [3.8, 4) is 17.7 Å². The third kappa shape index (κ3) is 4.40. The zero-order chi connectivity index (χ0) is 22.8. The lowest BCUT2D eigenvalue weighted by atomic mass is 9.74. The highest BCUT2D eigenvalue weighted by molar-refractivity contribution is 5.49. The Morgan fingerprint density at radius 2 is 1.88 bits per heavy atom. The molecule has 0 amide bonds. The number of halogens is 3. The first-order valence-electron chi connectivity index (χ1n) is 9.92. The van der Waals surface area contributed by atoms with Gasteiger partial charge < -0.3 is 14.5 Å². The number of hydrogen-bond acceptors (Lipinski definition) is 8. The van der Waals surface area contributed by atoms with Gasteiger partial charge in [0.05, 0.1) is 17.0 Å². The number of anilines is 1. The molecule has 0 bridgehead atoms. The fraction of sp³-hybridized carbons (Fsp3) is 0.381. The Labute approximate surface area is 181 Å². The molecule has 0 radical (unpaired) electrons. The summed E-state index contributed by atoms with van der Waals surface area (Å²) in [5.41, 5.74) is -1.08. The number of benzene rings is 1. The molecule has 8 nitrogen and oxygen atoms in total. The van der Waals surface area contributed by atoms with Crippen molar-refractivity contribution in [1.82, 2.24) is 20.3 Å². The highest BCUT2D eigenvalue weighted by Gasteiger charge is 2.39. The van der Waals surface area contributed by atoms with Crippen LogP contribution in [0.15, 0.2) is 40.9 Å². The lowest BCUT2D eigenvalue weighted by molar-refractivity contribution is -0.138. The summed E-state index contributed by atoms with van der Waals surface area (Å²) in [7, 11) is 0. The average molecular weight is 444 g/mol. The smallest absolute Gasteiger partial charge is 0.388 e. The number of aromatic nitrogens is 4. The number of nitrogens with zero attached hydrogens (tertiary/aromatic N) is 6. The standard InChI is InChI=1S/C21H19F3N6O2/c22-21(23,24)15-4-2-1-3-14(15)11-20(13-25)7-9-30(10-8-20)18-6-5-16(27-28-18)19-26-17(12-31)29-32-19/h1-6,31H,7-12H2. The molecule has 3 heterocycles. The molecule has 1 N–H and O–H groups in total. The van der Waals surface area contributed by atoms with Gasteiger partial charge in [-0.2, -0.15) is 23.4 Å². The predicted octanol–water partition coefficient (Wildman–Crippen LogP) is 3.39. The second-order valence-electron chi connectivity index (χ2n) is 7.66. The van der Waals surface area contributed by atoms with Gasteiger partial charge in [0.25, 0.3) is 5.89 Å². The van der Waals surface area contributed by atoms with E-state index in [1.54, 1.807) is 18.2 Å². The highest BCUT2D eigenvalue weighted by Crippen LogP contribution is 2.39. The van der Waals surface area contributed by atoms with Crippen LogP contribution in [0.4, 0.5) is 19.0 Å². The maximum Gasteiger partial charge on any atom is 0.416 e. The van der Waals surface area contributed by atoms with E-state index in [0.717, 1.165) is 6.07 Å². The minimum atomic E-state index is -4.46. The summed E-state index contributed by atoms with van der Waals surface area (Å²) in [6, 6.07) is 11.1. The van der Waals surface area contributed by atoms with Crippen molar-refractivity contribution in [3.05, 3.63) is 53.3 Å². The van der Waals surface area contributed by atoms with Gasteiger partial charge in [0.15, 0.2) is 17.3 Å². The summed E-state index contributed by atoms with van der Waals surface area (Å²) >= 11 is 0. The molecule has 1 aliphatic rings. The summed E-state index contributed by atoms with van der Waals surface area (Å²) in [5, 5.41) is 30.7. The Morgan fingerprint density at radius 3 is 2.47 bits per heavy atom. The van der Waals surface area contributed by atoms with Gasteiger partial charge in [-0.3, -0.25) is 0 Å². The van der Waals surface area contributed by atoms with E-state index in [0.29, 0.717) is 37.4 Å². The minimum Gasteiger partial charge on any atom is -0.388 e. The summed E-state index contributed by atoms with van der Waals surface area (Å²) in [6.07, 6.45) is -3.60. The van der Waals surface area contributed by atoms with Gasteiger partial charge in [0.1, 0.15) is 6.61 Å². The zero-order valence-corrected chi connectivity index (χ0v) is 16.9. The largest absolute Gasteiger partial charge is 0.416 e. The Morgan fingerprint density at radius 1 is 1.12 bits per heavy atom. The van der Waals surface area contributed by atoms with Gasteiger partial charge in [0, 0.05) is 13.1 Å². The lowest BCUT2D eigenvalue weighted by Crippen LogP contribution is -2.41. The molecular weight excluding hydrogens is 425 g/mol. The fourth-order valence-corrected chi connectivity index (χ4v) is 3.84. The first-order valence-corrected chi connectivity index (χ1v) is 9.92. The van der Waals surface area contributed by atoms with Gasteiger partial charge in [-0.1, -0.05) is 23.4 Å². The number of aliphatic hydroxyl groups is 1. The first-order chi connectivity index (χ1) is 15.3. The van der Waals surface area contributed by atoms with Crippen molar-refractivity contribution in [1.29, 1.82) is 5.26 Å². The first kappa shape index (κ1) is 21.7. The quantitative estimate of drug-likeness (QED) is 0.637. The van der Waals surface area contributed by atoms with Crippen molar-refractivity contribution in [2.75, 3.05) is 18.0 Å². The van der Waals surface area contributed by atoms with E-state index in [4.69, 9.17) is 9.63 Å². The van der Waals surface area contributed by atoms with Crippen LogP contribution >= 0.6 is 0 Å². The van der Waals surface area contributed by atoms with Crippen molar-refractivity contribution >= 4 is 5.82 Å². The van der Waals surface area contributed by atoms with Gasteiger partial charge in [-0.15, -0.1) is 10.2 Å². The van der Waals surface area contributed by atoms with Crippen LogP contribution in [0.2, 0.25) is 0 Å². The molecule has 1 aliphatic heterocycles. The van der Waals surface area contributed by atoms with Gasteiger partial charge in [-0.25, -0.2) is 0 Å². The number of rotatable bonds is 5. The van der Waals surface area contributed by atoms with Crippen LogP contribution in [0.3, 0.4) is 0 Å². The molecular formula is C21H19F3N6O2. The Hall–Kier alpha value is -3.52. The monoisotopic (exact) mass is 444 g/mol. The topological polar surface area (TPSA) is 112 Å². The molecule has 0 unspecified atom stereocenters. The molecule has 32 heavy (non-hydrogen) atoms. The summed E-state index contributed by atoms with van der Waals surface area (Å²) in [6.45, 7) is 0.576. The summed E-state index contributed by atoms with van der Waals surface area (Å²) in [5.74, 6) is 0.860. The van der Waals surface area contributed by atoms with Crippen LogP contribution in [-0.4, -0.2) is 38.5 Å². The van der Waals surface area contributed by atoms with Crippen molar-refractivity contribution < 1.29 is 22.8 Å². The fourth-order valence-electron chi connectivity index (χ4n) is 3.84. The third-order valence-corrected chi connectivity index (χ3v) is 5.61. The highest BCUT2D eigenvalue weighted by atomic mass is 19.4. The normalized spacial score (nSPS) is 16.0. The lowest BCUT2D eigenvalue weighted by Gasteiger charge is -2.38. The van der Waals surface area contributed by atoms with E-state index in [2.05, 4.69) is 26.4 Å². The maximum atomic E-state index is 13.4. The molecule has 3 aromatic rings. The van der Waals surface area contributed by atoms with E-state index >= 15 is 0 Å². The van der Waals surface area contributed by atoms with Gasteiger partial charge in [0.2, 0.25) is 0 Å². The van der Waals surface area contributed by atoms with Crippen molar-refractivity contribution in [2.24, 2.45) is 5.41 Å². The molecule has 0 atom stereocenters. The Balaban J connectivity index is 1.45. The third-order valence-electron chi connectivity index (χ3n) is 5.61. The van der Waals surface area contributed by atoms with Gasteiger partial charge in [-0.05, 0) is 43.0 Å². The van der Waals surface area contributed by atoms with Crippen molar-refractivity contribution in [2.45, 2.75) is 32.0 Å². The molecule has 4 rings (SSSR count).